The van der Waals surface area contributed by atoms with Crippen LogP contribution in [0.1, 0.15) is 0 Å². The zero-order valence-electron chi connectivity index (χ0n) is 4.96. The van der Waals surface area contributed by atoms with Gasteiger partial charge in [0.1, 0.15) is 0 Å². The average molecular weight is 159 g/mol. The summed E-state index contributed by atoms with van der Waals surface area (Å²) in [6.45, 7) is 0. The molecule has 0 bridgehead atoms. The summed E-state index contributed by atoms with van der Waals surface area (Å²) in [5.41, 5.74) is 0. The number of carbonyl (C=O) groups excluding carboxylic acids is 1. The fraction of sp³-hybridized carbons (Fsp3) is 0.400. The van der Waals surface area contributed by atoms with Gasteiger partial charge < -0.3 is 5.11 Å². The molecule has 1 unspecified atom stereocenters. The second kappa shape index (κ2) is 2.42. The predicted molar refractivity (Wildman–Crippen MR) is 36.3 cm³/mol. The molecule has 0 radical (unpaired) electrons. The van der Waals surface area contributed by atoms with E-state index >= 15 is 0 Å². The van der Waals surface area contributed by atoms with E-state index in [-0.39, 0.29) is 16.6 Å². The molecule has 4 nitrogen and oxygen atoms in total. The molecule has 1 fully saturated rings. The number of thioether (sulfide) groups is 1. The van der Waals surface area contributed by atoms with E-state index in [2.05, 4.69) is 0 Å². The van der Waals surface area contributed by atoms with Gasteiger partial charge in [0.15, 0.2) is 11.7 Å². The molecule has 1 rings (SSSR count). The first-order chi connectivity index (χ1) is 4.63. The number of hydrogen-bond acceptors (Lipinski definition) is 4. The molecule has 0 aromatic carbocycles. The van der Waals surface area contributed by atoms with E-state index in [0.29, 0.717) is 0 Å². The van der Waals surface area contributed by atoms with Gasteiger partial charge in [0.05, 0.1) is 10.8 Å². The van der Waals surface area contributed by atoms with E-state index in [0.717, 1.165) is 11.8 Å². The molecule has 1 aliphatic rings. The first-order valence-electron chi connectivity index (χ1n) is 2.59. The Bertz CT molecular complexity index is 197. The standard InChI is InChI=1S/C5H5NO3S/c6-4-3(5(8)9)2(7)1-10-4/h3,6H,1H2,(H,8,9). The lowest BCUT2D eigenvalue weighted by molar-refractivity contribution is -0.142. The van der Waals surface area contributed by atoms with Crippen LogP contribution in [0.3, 0.4) is 0 Å². The summed E-state index contributed by atoms with van der Waals surface area (Å²) >= 11 is 0.995. The van der Waals surface area contributed by atoms with Crippen LogP contribution in [-0.2, 0) is 9.59 Å². The lowest BCUT2D eigenvalue weighted by Crippen LogP contribution is -2.24. The van der Waals surface area contributed by atoms with Crippen LogP contribution in [0.4, 0.5) is 0 Å². The number of nitrogens with one attached hydrogen (secondary N) is 1. The SMILES string of the molecule is N=C1SCC(=O)C1C(=O)O. The van der Waals surface area contributed by atoms with Gasteiger partial charge in [0, 0.05) is 0 Å². The Morgan fingerprint density at radius 1 is 1.80 bits per heavy atom. The maximum Gasteiger partial charge on any atom is 0.320 e. The van der Waals surface area contributed by atoms with Crippen LogP contribution in [-0.4, -0.2) is 27.7 Å². The Balaban J connectivity index is 2.82. The number of carbonyl (C=O) groups is 2. The van der Waals surface area contributed by atoms with Crippen LogP contribution in [0.25, 0.3) is 0 Å². The summed E-state index contributed by atoms with van der Waals surface area (Å²) in [5.74, 6) is -2.62. The van der Waals surface area contributed by atoms with Gasteiger partial charge in [-0.1, -0.05) is 0 Å². The van der Waals surface area contributed by atoms with Gasteiger partial charge in [-0.2, -0.15) is 0 Å². The van der Waals surface area contributed by atoms with Crippen molar-refractivity contribution in [3.8, 4) is 0 Å². The second-order valence-corrected chi connectivity index (χ2v) is 2.91. The van der Waals surface area contributed by atoms with Gasteiger partial charge in [-0.3, -0.25) is 15.0 Å². The largest absolute Gasteiger partial charge is 0.480 e. The molecule has 0 amide bonds. The monoisotopic (exact) mass is 159 g/mol. The molecule has 0 aromatic heterocycles. The lowest BCUT2D eigenvalue weighted by atomic mass is 10.1. The van der Waals surface area contributed by atoms with Crippen molar-refractivity contribution in [1.82, 2.24) is 0 Å². The fourth-order valence-corrected chi connectivity index (χ4v) is 1.57. The van der Waals surface area contributed by atoms with Gasteiger partial charge in [0.2, 0.25) is 0 Å². The molecule has 0 aromatic rings. The van der Waals surface area contributed by atoms with Crippen molar-refractivity contribution in [2.75, 3.05) is 5.75 Å². The molecule has 10 heavy (non-hydrogen) atoms. The van der Waals surface area contributed by atoms with E-state index in [1.54, 1.807) is 0 Å². The second-order valence-electron chi connectivity index (χ2n) is 1.89. The Kier molecular flexibility index (Phi) is 1.76. The van der Waals surface area contributed by atoms with Crippen LogP contribution in [0.15, 0.2) is 0 Å². The molecule has 2 N–H and O–H groups in total. The molecule has 1 saturated heterocycles. The smallest absolute Gasteiger partial charge is 0.320 e. The number of carboxylic acids is 1. The highest BCUT2D eigenvalue weighted by atomic mass is 32.2. The third-order valence-electron chi connectivity index (χ3n) is 1.20. The van der Waals surface area contributed by atoms with Gasteiger partial charge in [-0.25, -0.2) is 0 Å². The molecule has 0 spiro atoms. The molecule has 1 heterocycles. The zero-order valence-corrected chi connectivity index (χ0v) is 5.77. The minimum atomic E-state index is -1.21. The Morgan fingerprint density at radius 2 is 2.40 bits per heavy atom. The molecule has 0 aliphatic carbocycles. The molecule has 54 valence electrons. The predicted octanol–water partition coefficient (Wildman–Crippen LogP) is -0.0196. The van der Waals surface area contributed by atoms with Gasteiger partial charge in [0.25, 0.3) is 0 Å². The molecular formula is C5H5NO3S. The van der Waals surface area contributed by atoms with Gasteiger partial charge in [-0.05, 0) is 0 Å². The summed E-state index contributed by atoms with van der Waals surface area (Å²) in [4.78, 5) is 20.9. The molecule has 1 atom stereocenters. The van der Waals surface area contributed by atoms with Crippen molar-refractivity contribution in [2.24, 2.45) is 5.92 Å². The molecule has 0 saturated carbocycles. The summed E-state index contributed by atoms with van der Waals surface area (Å²) in [5, 5.41) is 15.4. The number of aliphatic carboxylic acids is 1. The Labute approximate surface area is 61.1 Å². The van der Waals surface area contributed by atoms with Crippen LogP contribution in [0, 0.1) is 11.3 Å². The topological polar surface area (TPSA) is 78.2 Å². The highest BCUT2D eigenvalue weighted by Crippen LogP contribution is 2.22. The highest BCUT2D eigenvalue weighted by Gasteiger charge is 2.36. The van der Waals surface area contributed by atoms with E-state index in [1.807, 2.05) is 0 Å². The van der Waals surface area contributed by atoms with Crippen LogP contribution in [0.5, 0.6) is 0 Å². The zero-order chi connectivity index (χ0) is 7.72. The van der Waals surface area contributed by atoms with Gasteiger partial charge >= 0.3 is 5.97 Å². The van der Waals surface area contributed by atoms with Crippen LogP contribution >= 0.6 is 11.8 Å². The van der Waals surface area contributed by atoms with Crippen molar-refractivity contribution in [1.29, 1.82) is 5.41 Å². The Morgan fingerprint density at radius 3 is 2.60 bits per heavy atom. The van der Waals surface area contributed by atoms with Crippen molar-refractivity contribution in [3.05, 3.63) is 0 Å². The highest BCUT2D eigenvalue weighted by molar-refractivity contribution is 8.15. The Hall–Kier alpha value is -0.840. The quantitative estimate of drug-likeness (QED) is 0.527. The van der Waals surface area contributed by atoms with Crippen molar-refractivity contribution in [3.63, 3.8) is 0 Å². The van der Waals surface area contributed by atoms with Crippen LogP contribution in [0.2, 0.25) is 0 Å². The summed E-state index contributed by atoms with van der Waals surface area (Å²) in [7, 11) is 0. The van der Waals surface area contributed by atoms with Gasteiger partial charge in [-0.15, -0.1) is 11.8 Å². The van der Waals surface area contributed by atoms with E-state index < -0.39 is 11.9 Å². The third-order valence-corrected chi connectivity index (χ3v) is 2.18. The van der Waals surface area contributed by atoms with E-state index in [1.165, 1.54) is 0 Å². The van der Waals surface area contributed by atoms with Crippen molar-refractivity contribution >= 4 is 28.6 Å². The van der Waals surface area contributed by atoms with Crippen LogP contribution < -0.4 is 0 Å². The molecule has 1 aliphatic heterocycles. The molecular weight excluding hydrogens is 154 g/mol. The molecule has 5 heteroatoms. The summed E-state index contributed by atoms with van der Waals surface area (Å²) in [6, 6.07) is 0. The average Bonchev–Trinajstić information content (AvgIpc) is 2.11. The fourth-order valence-electron chi connectivity index (χ4n) is 0.712. The minimum absolute atomic E-state index is 0.0440. The maximum atomic E-state index is 10.7. The number of Topliss-reactive ketones (excluding diaryl/α,β-unsaturated/α-hetero) is 1. The normalized spacial score (nSPS) is 25.4. The lowest BCUT2D eigenvalue weighted by Gasteiger charge is -1.97. The third kappa shape index (κ3) is 1.04. The minimum Gasteiger partial charge on any atom is -0.480 e. The number of hydrogen-bond donors (Lipinski definition) is 2. The maximum absolute atomic E-state index is 10.7. The number of ketones is 1. The number of rotatable bonds is 1. The van der Waals surface area contributed by atoms with E-state index in [4.69, 9.17) is 10.5 Å². The summed E-state index contributed by atoms with van der Waals surface area (Å²) in [6.07, 6.45) is 0. The number of carboxylic acid groups (broad SMARTS) is 1. The van der Waals surface area contributed by atoms with E-state index in [9.17, 15) is 9.59 Å². The van der Waals surface area contributed by atoms with Crippen molar-refractivity contribution in [2.45, 2.75) is 0 Å². The summed E-state index contributed by atoms with van der Waals surface area (Å²) < 4.78 is 0. The van der Waals surface area contributed by atoms with Crippen molar-refractivity contribution < 1.29 is 14.7 Å². The first-order valence-corrected chi connectivity index (χ1v) is 3.58. The first kappa shape index (κ1) is 7.27.